The molecule has 4 aliphatic heterocycles. The van der Waals surface area contributed by atoms with Gasteiger partial charge in [0.1, 0.15) is 0 Å². The fourth-order valence-electron chi connectivity index (χ4n) is 19.1. The van der Waals surface area contributed by atoms with Crippen LogP contribution in [0.1, 0.15) is 22.3 Å². The highest BCUT2D eigenvalue weighted by atomic mass is 32.2. The molecule has 0 saturated carbocycles. The number of fused-ring (bicyclic) bond motifs is 30. The molecule has 93 heavy (non-hydrogen) atoms. The third-order valence-electron chi connectivity index (χ3n) is 22.4. The van der Waals surface area contributed by atoms with Gasteiger partial charge in [0.2, 0.25) is 13.4 Å². The molecule has 0 fully saturated rings. The van der Waals surface area contributed by atoms with Gasteiger partial charge in [0.05, 0.1) is 38.5 Å². The van der Waals surface area contributed by atoms with Crippen molar-refractivity contribution in [2.24, 2.45) is 0 Å². The Hall–Kier alpha value is -10.9. The molecule has 24 rings (SSSR count). The summed E-state index contributed by atoms with van der Waals surface area (Å²) in [5.41, 5.74) is 33.3. The van der Waals surface area contributed by atoms with E-state index in [1.54, 1.807) is 0 Å². The highest BCUT2D eigenvalue weighted by Gasteiger charge is 2.54. The van der Waals surface area contributed by atoms with Crippen LogP contribution in [0.5, 0.6) is 0 Å². The lowest BCUT2D eigenvalue weighted by Gasteiger charge is -2.36. The number of nitrogens with zero attached hydrogens (tertiary/aromatic N) is 4. The molecule has 0 N–H and O–H groups in total. The minimum atomic E-state index is -0.590. The van der Waals surface area contributed by atoms with Crippen molar-refractivity contribution in [3.63, 3.8) is 0 Å². The third kappa shape index (κ3) is 5.75. The summed E-state index contributed by atoms with van der Waals surface area (Å²) in [6.45, 7) is 0.0196. The van der Waals surface area contributed by atoms with Crippen LogP contribution in [0.25, 0.3) is 132 Å². The normalized spacial score (nSPS) is 14.4. The van der Waals surface area contributed by atoms with E-state index < -0.39 is 5.41 Å². The van der Waals surface area contributed by atoms with E-state index in [9.17, 15) is 0 Å². The van der Waals surface area contributed by atoms with Gasteiger partial charge in [-0.05, 0) is 139 Å². The van der Waals surface area contributed by atoms with Crippen LogP contribution in [-0.2, 0) is 5.41 Å². The number of rotatable bonds is 2. The fraction of sp³-hybridized carbons (Fsp3) is 0.0118. The molecule has 0 amide bonds. The van der Waals surface area contributed by atoms with Crippen molar-refractivity contribution in [2.45, 2.75) is 25.0 Å². The van der Waals surface area contributed by atoms with Gasteiger partial charge in [-0.3, -0.25) is 0 Å². The number of hydrogen-bond acceptors (Lipinski definition) is 2. The molecule has 8 heterocycles. The van der Waals surface area contributed by atoms with Gasteiger partial charge in [0.15, 0.2) is 0 Å². The molecule has 0 atom stereocenters. The van der Waals surface area contributed by atoms with Gasteiger partial charge in [-0.15, -0.1) is 0 Å². The van der Waals surface area contributed by atoms with Crippen LogP contribution >= 0.6 is 23.5 Å². The molecule has 4 aromatic heterocycles. The molecule has 1 spiro atoms. The molecule has 4 nitrogen and oxygen atoms in total. The van der Waals surface area contributed by atoms with Crippen molar-refractivity contribution >= 4 is 157 Å². The van der Waals surface area contributed by atoms with Gasteiger partial charge in [0, 0.05) is 96.5 Å². The molecular formula is C85H46B2N4S2. The lowest BCUT2D eigenvalue weighted by molar-refractivity contribution is 0.789. The van der Waals surface area contributed by atoms with Crippen molar-refractivity contribution in [1.29, 1.82) is 0 Å². The highest BCUT2D eigenvalue weighted by molar-refractivity contribution is 8.00. The maximum atomic E-state index is 2.67. The van der Waals surface area contributed by atoms with Gasteiger partial charge < -0.3 is 18.3 Å². The van der Waals surface area contributed by atoms with Gasteiger partial charge in [-0.2, -0.15) is 0 Å². The quantitative estimate of drug-likeness (QED) is 0.161. The maximum absolute atomic E-state index is 2.67. The summed E-state index contributed by atoms with van der Waals surface area (Å²) >= 11 is 3.96. The van der Waals surface area contributed by atoms with E-state index in [1.165, 1.54) is 207 Å². The summed E-state index contributed by atoms with van der Waals surface area (Å²) in [5.74, 6) is 0. The maximum Gasteiger partial charge on any atom is 0.249 e. The number of benzene rings is 14. The monoisotopic (exact) mass is 1210 g/mol. The summed E-state index contributed by atoms with van der Waals surface area (Å²) < 4.78 is 10.3. The van der Waals surface area contributed by atoms with E-state index in [4.69, 9.17) is 0 Å². The highest BCUT2D eigenvalue weighted by Crippen LogP contribution is 2.64. The zero-order valence-electron chi connectivity index (χ0n) is 49.8. The third-order valence-corrected chi connectivity index (χ3v) is 24.7. The van der Waals surface area contributed by atoms with Gasteiger partial charge in [-0.1, -0.05) is 241 Å². The van der Waals surface area contributed by atoms with Crippen molar-refractivity contribution in [1.82, 2.24) is 18.3 Å². The Balaban J connectivity index is 0.765. The zero-order valence-corrected chi connectivity index (χ0v) is 51.5. The molecule has 18 aromatic rings. The largest absolute Gasteiger partial charge is 0.310 e. The van der Waals surface area contributed by atoms with E-state index in [2.05, 4.69) is 297 Å². The predicted octanol–water partition coefficient (Wildman–Crippen LogP) is 17.0. The topological polar surface area (TPSA) is 19.7 Å². The fourth-order valence-corrected chi connectivity index (χ4v) is 21.5. The van der Waals surface area contributed by atoms with Gasteiger partial charge in [0.25, 0.3) is 0 Å². The predicted molar refractivity (Wildman–Crippen MR) is 391 cm³/mol. The molecule has 8 heteroatoms. The summed E-state index contributed by atoms with van der Waals surface area (Å²) in [6.07, 6.45) is 0. The summed E-state index contributed by atoms with van der Waals surface area (Å²) in [4.78, 5) is 5.27. The summed E-state index contributed by atoms with van der Waals surface area (Å²) in [7, 11) is 0. The Morgan fingerprint density at radius 2 is 0.581 bits per heavy atom. The van der Waals surface area contributed by atoms with E-state index in [0.717, 1.165) is 0 Å². The van der Waals surface area contributed by atoms with Crippen LogP contribution in [0.15, 0.2) is 299 Å². The first-order valence-electron chi connectivity index (χ1n) is 32.5. The van der Waals surface area contributed by atoms with Crippen molar-refractivity contribution in [3.8, 4) is 45.0 Å². The van der Waals surface area contributed by atoms with Crippen molar-refractivity contribution in [3.05, 3.63) is 301 Å². The first-order chi connectivity index (χ1) is 46.2. The Kier molecular flexibility index (Phi) is 8.92. The Labute approximate surface area is 542 Å². The van der Waals surface area contributed by atoms with Gasteiger partial charge in [-0.25, -0.2) is 0 Å². The van der Waals surface area contributed by atoms with Gasteiger partial charge >= 0.3 is 0 Å². The van der Waals surface area contributed by atoms with Crippen LogP contribution in [0, 0.1) is 0 Å². The average molecular weight is 1210 g/mol. The Bertz CT molecular complexity index is 6110. The molecule has 0 radical (unpaired) electrons. The molecule has 0 unspecified atom stereocenters. The number of hydrogen-bond donors (Lipinski definition) is 0. The second kappa shape index (κ2) is 17.0. The van der Waals surface area contributed by atoms with Crippen LogP contribution in [0.4, 0.5) is 0 Å². The Morgan fingerprint density at radius 1 is 0.247 bits per heavy atom. The van der Waals surface area contributed by atoms with E-state index in [1.807, 2.05) is 23.5 Å². The van der Waals surface area contributed by atoms with Crippen LogP contribution in [0.3, 0.4) is 0 Å². The summed E-state index contributed by atoms with van der Waals surface area (Å²) in [6, 6.07) is 108. The lowest BCUT2D eigenvalue weighted by Crippen LogP contribution is -2.59. The zero-order chi connectivity index (χ0) is 59.8. The first kappa shape index (κ1) is 48.9. The number of para-hydroxylation sites is 8. The molecule has 2 aliphatic carbocycles. The van der Waals surface area contributed by atoms with E-state index in [-0.39, 0.29) is 13.4 Å². The second-order valence-corrected chi connectivity index (χ2v) is 28.6. The molecule has 0 saturated heterocycles. The van der Waals surface area contributed by atoms with Crippen LogP contribution in [0.2, 0.25) is 0 Å². The van der Waals surface area contributed by atoms with Crippen LogP contribution < -0.4 is 32.8 Å². The van der Waals surface area contributed by atoms with Crippen molar-refractivity contribution in [2.75, 3.05) is 0 Å². The van der Waals surface area contributed by atoms with Crippen molar-refractivity contribution < 1.29 is 0 Å². The average Bonchev–Trinajstić information content (AvgIpc) is 1.54. The summed E-state index contributed by atoms with van der Waals surface area (Å²) in [5, 5.41) is 10.3. The minimum Gasteiger partial charge on any atom is -0.310 e. The van der Waals surface area contributed by atoms with E-state index in [0.29, 0.717) is 0 Å². The van der Waals surface area contributed by atoms with Crippen LogP contribution in [-0.4, -0.2) is 31.7 Å². The number of aromatic nitrogens is 4. The molecular weight excluding hydrogens is 1160 g/mol. The second-order valence-electron chi connectivity index (χ2n) is 26.5. The first-order valence-corrected chi connectivity index (χ1v) is 34.1. The molecule has 6 aliphatic rings. The smallest absolute Gasteiger partial charge is 0.249 e. The standard InChI is InChI=1S/C85H46B2N4S2/c1-9-29-61-49(19-1)59-43-67-77(92-79-41-47(88-69-33-11-3-21-51(69)52-22-4-12-34-70(52)88)39-75-81(79)86(67)65-31-17-27-57-55-25-7-15-37-73(55)90(75)83(57)65)45-63(59)85(61)62-30-10-2-20-50(62)60-44-68-78(46-64(60)85)93-80-42-48(89-71-35-13-5-23-53(71)54-24-6-14-36-72(54)89)40-76-82(80)87(68)66-32-18-28-58-56-26-8-16-38-74(56)91(76)84(58)66/h1-46H. The van der Waals surface area contributed by atoms with E-state index >= 15 is 0 Å². The molecule has 14 aromatic carbocycles. The molecule has 424 valence electrons. The molecule has 0 bridgehead atoms. The minimum absolute atomic E-state index is 0.00978. The SMILES string of the molecule is c1ccc2c(c1)-c1cc3c(cc1C21c2ccccc2-c2cc4c(cc21)Sc1cc(-n2c5ccccc5c5ccccc52)cc2c1B4c1cccc4c5ccccc5n-2c14)Sc1cc(-n2c4ccccc4c4ccccc42)cc2c1B3c1cccc3c4ccccc4n-2c13. The lowest BCUT2D eigenvalue weighted by atomic mass is 9.35. The Morgan fingerprint density at radius 3 is 0.978 bits per heavy atom.